The molecule has 0 saturated carbocycles. The van der Waals surface area contributed by atoms with Crippen LogP contribution in [0.15, 0.2) is 42.5 Å². The summed E-state index contributed by atoms with van der Waals surface area (Å²) < 4.78 is 31.3. The molecule has 0 fully saturated rings. The summed E-state index contributed by atoms with van der Waals surface area (Å²) in [5.74, 6) is -2.14. The second-order valence-corrected chi connectivity index (χ2v) is 4.72. The first-order chi connectivity index (χ1) is 9.97. The summed E-state index contributed by atoms with van der Waals surface area (Å²) in [6.07, 6.45) is -0.849. The van der Waals surface area contributed by atoms with Crippen molar-refractivity contribution < 1.29 is 18.3 Å². The van der Waals surface area contributed by atoms with Crippen LogP contribution < -0.4 is 10.1 Å². The van der Waals surface area contributed by atoms with Crippen molar-refractivity contribution in [3.63, 3.8) is 0 Å². The largest absolute Gasteiger partial charge is 0.479 e. The summed E-state index contributed by atoms with van der Waals surface area (Å²) in [7, 11) is 0. The normalized spacial score (nSPS) is 11.8. The fraction of sp³-hybridized carbons (Fsp3) is 0.133. The molecule has 0 radical (unpaired) electrons. The van der Waals surface area contributed by atoms with Crippen molar-refractivity contribution in [2.24, 2.45) is 0 Å². The first-order valence-corrected chi connectivity index (χ1v) is 6.52. The molecule has 0 bridgehead atoms. The van der Waals surface area contributed by atoms with Gasteiger partial charge in [0.15, 0.2) is 17.7 Å². The number of benzene rings is 2. The van der Waals surface area contributed by atoms with E-state index in [1.165, 1.54) is 13.0 Å². The van der Waals surface area contributed by atoms with Gasteiger partial charge >= 0.3 is 0 Å². The lowest BCUT2D eigenvalue weighted by Gasteiger charge is -2.15. The van der Waals surface area contributed by atoms with E-state index in [-0.39, 0.29) is 5.69 Å². The number of nitrogens with one attached hydrogen (secondary N) is 1. The highest BCUT2D eigenvalue weighted by atomic mass is 35.5. The molecule has 0 aliphatic carbocycles. The lowest BCUT2D eigenvalue weighted by molar-refractivity contribution is -0.122. The van der Waals surface area contributed by atoms with E-state index < -0.39 is 23.6 Å². The zero-order valence-corrected chi connectivity index (χ0v) is 11.8. The maximum Gasteiger partial charge on any atom is 0.265 e. The Morgan fingerprint density at radius 3 is 2.57 bits per heavy atom. The minimum absolute atomic E-state index is 0.147. The van der Waals surface area contributed by atoms with Gasteiger partial charge in [-0.25, -0.2) is 8.78 Å². The molecule has 0 heterocycles. The molecular weight excluding hydrogens is 300 g/mol. The van der Waals surface area contributed by atoms with Crippen LogP contribution in [0.5, 0.6) is 5.75 Å². The van der Waals surface area contributed by atoms with Crippen LogP contribution in [0.2, 0.25) is 5.02 Å². The average molecular weight is 312 g/mol. The Balaban J connectivity index is 2.02. The van der Waals surface area contributed by atoms with Crippen LogP contribution in [-0.2, 0) is 4.79 Å². The van der Waals surface area contributed by atoms with Gasteiger partial charge in [0.1, 0.15) is 5.75 Å². The maximum atomic E-state index is 13.1. The molecule has 1 atom stereocenters. The Morgan fingerprint density at radius 2 is 1.90 bits per heavy atom. The van der Waals surface area contributed by atoms with Crippen molar-refractivity contribution in [1.82, 2.24) is 0 Å². The number of ether oxygens (including phenoxy) is 1. The van der Waals surface area contributed by atoms with Crippen LogP contribution >= 0.6 is 11.6 Å². The van der Waals surface area contributed by atoms with E-state index in [2.05, 4.69) is 5.32 Å². The van der Waals surface area contributed by atoms with Gasteiger partial charge in [0, 0.05) is 11.8 Å². The number of carbonyl (C=O) groups excluding carboxylic acids is 1. The number of anilines is 1. The summed E-state index contributed by atoms with van der Waals surface area (Å²) in [4.78, 5) is 11.9. The van der Waals surface area contributed by atoms with Gasteiger partial charge in [-0.3, -0.25) is 4.79 Å². The molecule has 0 spiro atoms. The molecule has 1 N–H and O–H groups in total. The standard InChI is InChI=1S/C15H12ClF2NO2/c1-9(21-14-5-3-2-4-11(14)16)15(20)19-10-6-7-12(17)13(18)8-10/h2-9H,1H3,(H,19,20)/t9-/m1/s1. The molecule has 0 saturated heterocycles. The van der Waals surface area contributed by atoms with Crippen LogP contribution in [0.3, 0.4) is 0 Å². The SMILES string of the molecule is C[C@@H](Oc1ccccc1Cl)C(=O)Nc1ccc(F)c(F)c1. The third-order valence-electron chi connectivity index (χ3n) is 2.70. The number of amides is 1. The second-order valence-electron chi connectivity index (χ2n) is 4.31. The first kappa shape index (κ1) is 15.3. The number of para-hydroxylation sites is 1. The molecule has 110 valence electrons. The zero-order chi connectivity index (χ0) is 15.4. The quantitative estimate of drug-likeness (QED) is 0.926. The molecule has 0 aromatic heterocycles. The summed E-state index contributed by atoms with van der Waals surface area (Å²) in [6.45, 7) is 1.53. The van der Waals surface area contributed by atoms with Crippen LogP contribution in [0.25, 0.3) is 0 Å². The average Bonchev–Trinajstić information content (AvgIpc) is 2.45. The van der Waals surface area contributed by atoms with Gasteiger partial charge in [0.25, 0.3) is 5.91 Å². The Hall–Kier alpha value is -2.14. The molecule has 2 aromatic carbocycles. The monoisotopic (exact) mass is 311 g/mol. The Bertz CT molecular complexity index is 664. The molecule has 0 unspecified atom stereocenters. The minimum Gasteiger partial charge on any atom is -0.479 e. The minimum atomic E-state index is -1.03. The van der Waals surface area contributed by atoms with Gasteiger partial charge in [0.2, 0.25) is 0 Å². The molecule has 1 amide bonds. The highest BCUT2D eigenvalue weighted by Crippen LogP contribution is 2.24. The van der Waals surface area contributed by atoms with Crippen molar-refractivity contribution in [2.75, 3.05) is 5.32 Å². The van der Waals surface area contributed by atoms with Crippen LogP contribution in [0.4, 0.5) is 14.5 Å². The topological polar surface area (TPSA) is 38.3 Å². The van der Waals surface area contributed by atoms with Crippen molar-refractivity contribution >= 4 is 23.2 Å². The predicted molar refractivity (Wildman–Crippen MR) is 76.5 cm³/mol. The van der Waals surface area contributed by atoms with Gasteiger partial charge in [-0.15, -0.1) is 0 Å². The van der Waals surface area contributed by atoms with Crippen LogP contribution in [-0.4, -0.2) is 12.0 Å². The first-order valence-electron chi connectivity index (χ1n) is 6.14. The highest BCUT2D eigenvalue weighted by molar-refractivity contribution is 6.32. The number of hydrogen-bond donors (Lipinski definition) is 1. The number of carbonyl (C=O) groups is 1. The van der Waals surface area contributed by atoms with E-state index in [1.54, 1.807) is 24.3 Å². The lowest BCUT2D eigenvalue weighted by Crippen LogP contribution is -2.30. The Morgan fingerprint density at radius 1 is 1.19 bits per heavy atom. The Labute approximate surface area is 125 Å². The summed E-state index contributed by atoms with van der Waals surface area (Å²) in [6, 6.07) is 9.82. The van der Waals surface area contributed by atoms with E-state index in [0.717, 1.165) is 12.1 Å². The number of rotatable bonds is 4. The molecule has 6 heteroatoms. The fourth-order valence-corrected chi connectivity index (χ4v) is 1.78. The zero-order valence-electron chi connectivity index (χ0n) is 11.1. The third kappa shape index (κ3) is 3.92. The lowest BCUT2D eigenvalue weighted by atomic mass is 10.2. The van der Waals surface area contributed by atoms with Crippen molar-refractivity contribution in [1.29, 1.82) is 0 Å². The van der Waals surface area contributed by atoms with E-state index in [4.69, 9.17) is 16.3 Å². The summed E-state index contributed by atoms with van der Waals surface area (Å²) >= 11 is 5.92. The maximum absolute atomic E-state index is 13.1. The number of hydrogen-bond acceptors (Lipinski definition) is 2. The summed E-state index contributed by atoms with van der Waals surface area (Å²) in [5, 5.41) is 2.82. The van der Waals surface area contributed by atoms with Gasteiger partial charge in [-0.05, 0) is 31.2 Å². The van der Waals surface area contributed by atoms with Gasteiger partial charge in [-0.1, -0.05) is 23.7 Å². The van der Waals surface area contributed by atoms with E-state index in [9.17, 15) is 13.6 Å². The molecule has 3 nitrogen and oxygen atoms in total. The van der Waals surface area contributed by atoms with Gasteiger partial charge in [-0.2, -0.15) is 0 Å². The van der Waals surface area contributed by atoms with Crippen molar-refractivity contribution in [3.8, 4) is 5.75 Å². The van der Waals surface area contributed by atoms with Crippen molar-refractivity contribution in [2.45, 2.75) is 13.0 Å². The molecule has 2 aromatic rings. The molecule has 0 aliphatic rings. The molecule has 2 rings (SSSR count). The molecule has 21 heavy (non-hydrogen) atoms. The van der Waals surface area contributed by atoms with Crippen LogP contribution in [0, 0.1) is 11.6 Å². The number of halogens is 3. The highest BCUT2D eigenvalue weighted by Gasteiger charge is 2.16. The Kier molecular flexibility index (Phi) is 4.75. The fourth-order valence-electron chi connectivity index (χ4n) is 1.60. The second kappa shape index (κ2) is 6.54. The van der Waals surface area contributed by atoms with E-state index >= 15 is 0 Å². The van der Waals surface area contributed by atoms with Gasteiger partial charge in [0.05, 0.1) is 5.02 Å². The van der Waals surface area contributed by atoms with Crippen molar-refractivity contribution in [3.05, 3.63) is 59.1 Å². The molecule has 0 aliphatic heterocycles. The van der Waals surface area contributed by atoms with E-state index in [1.807, 2.05) is 0 Å². The van der Waals surface area contributed by atoms with Gasteiger partial charge < -0.3 is 10.1 Å². The van der Waals surface area contributed by atoms with E-state index in [0.29, 0.717) is 10.8 Å². The van der Waals surface area contributed by atoms with Crippen LogP contribution in [0.1, 0.15) is 6.92 Å². The smallest absolute Gasteiger partial charge is 0.265 e. The predicted octanol–water partition coefficient (Wildman–Crippen LogP) is 4.02. The third-order valence-corrected chi connectivity index (χ3v) is 3.01. The molecular formula is C15H12ClF2NO2. The summed E-state index contributed by atoms with van der Waals surface area (Å²) in [5.41, 5.74) is 0.147.